The molecule has 3 aromatic rings. The van der Waals surface area contributed by atoms with E-state index in [1.807, 2.05) is 6.92 Å². The lowest BCUT2D eigenvalue weighted by atomic mass is 9.90. The van der Waals surface area contributed by atoms with Crippen molar-refractivity contribution < 1.29 is 17.7 Å². The maximum atomic E-state index is 15.4. The number of alkyl halides is 2. The van der Waals surface area contributed by atoms with Crippen LogP contribution in [-0.2, 0) is 22.7 Å². The Balaban J connectivity index is 1.48. The predicted molar refractivity (Wildman–Crippen MR) is 154 cm³/mol. The molecule has 2 N–H and O–H groups in total. The lowest BCUT2D eigenvalue weighted by Crippen LogP contribution is -2.47. The maximum absolute atomic E-state index is 15.4. The Labute approximate surface area is 242 Å². The Bertz CT molecular complexity index is 1650. The van der Waals surface area contributed by atoms with Crippen LogP contribution in [0, 0.1) is 12.8 Å². The number of benzene rings is 1. The van der Waals surface area contributed by atoms with Gasteiger partial charge in [-0.2, -0.15) is 0 Å². The number of pyridine rings is 1. The van der Waals surface area contributed by atoms with Crippen LogP contribution in [0.2, 0.25) is 0 Å². The highest BCUT2D eigenvalue weighted by atomic mass is 19.3. The molecule has 5 heterocycles. The monoisotopic (exact) mass is 567 g/mol. The Morgan fingerprint density at radius 2 is 1.93 bits per heavy atom. The Morgan fingerprint density at radius 3 is 2.68 bits per heavy atom. The third-order valence-electron chi connectivity index (χ3n) is 8.93. The first-order chi connectivity index (χ1) is 20.7. The second kappa shape index (κ2) is 10.5. The molecule has 10 heteroatoms. The zero-order valence-corrected chi connectivity index (χ0v) is 23.5. The zero-order chi connectivity index (χ0) is 31.4. The number of aryl methyl sites for hydroxylation is 1. The van der Waals surface area contributed by atoms with Gasteiger partial charge in [-0.15, -0.1) is 0 Å². The first kappa shape index (κ1) is 24.2. The third kappa shape index (κ3) is 5.58. The van der Waals surface area contributed by atoms with Gasteiger partial charge in [-0.3, -0.25) is 14.2 Å². The van der Waals surface area contributed by atoms with E-state index in [-0.39, 0.29) is 52.8 Å². The van der Waals surface area contributed by atoms with Crippen LogP contribution in [0.4, 0.5) is 14.6 Å². The lowest BCUT2D eigenvalue weighted by Gasteiger charge is -2.40. The molecule has 0 spiro atoms. The molecule has 1 atom stereocenters. The summed E-state index contributed by atoms with van der Waals surface area (Å²) in [7, 11) is 0. The maximum Gasteiger partial charge on any atom is 0.273 e. The minimum Gasteiger partial charge on any atom is -0.363 e. The van der Waals surface area contributed by atoms with Crippen LogP contribution in [0.15, 0.2) is 35.1 Å². The Kier molecular flexibility index (Phi) is 6.18. The average Bonchev–Trinajstić information content (AvgIpc) is 3.69. The van der Waals surface area contributed by atoms with E-state index in [0.717, 1.165) is 32.5 Å². The summed E-state index contributed by atoms with van der Waals surface area (Å²) in [5.41, 5.74) is 0.284. The number of amides is 1. The second-order valence-corrected chi connectivity index (χ2v) is 12.2. The van der Waals surface area contributed by atoms with E-state index in [9.17, 15) is 9.59 Å². The van der Waals surface area contributed by atoms with Gasteiger partial charge in [0, 0.05) is 47.3 Å². The SMILES string of the molecule is [2H]C([2H])([2H])c1nc2c3cc(C4(C)CC4)c(=O)n(c3n1)CC(=O)NCCCN1CC(CCC(F)(F)c3cccc(c3)[C@@H](C)N2)C1. The molecule has 1 aliphatic carbocycles. The summed E-state index contributed by atoms with van der Waals surface area (Å²) < 4.78 is 56.1. The van der Waals surface area contributed by atoms with Crippen molar-refractivity contribution in [3.63, 3.8) is 0 Å². The smallest absolute Gasteiger partial charge is 0.273 e. The molecule has 4 aliphatic rings. The quantitative estimate of drug-likeness (QED) is 0.445. The number of rotatable bonds is 1. The molecule has 1 amide bonds. The number of nitrogens with one attached hydrogen (secondary N) is 2. The van der Waals surface area contributed by atoms with Crippen LogP contribution in [0.5, 0.6) is 0 Å². The van der Waals surface area contributed by atoms with Crippen molar-refractivity contribution in [2.24, 2.45) is 5.92 Å². The topological polar surface area (TPSA) is 92.1 Å². The van der Waals surface area contributed by atoms with E-state index in [0.29, 0.717) is 35.9 Å². The number of anilines is 1. The van der Waals surface area contributed by atoms with Crippen LogP contribution in [0.3, 0.4) is 0 Å². The molecule has 3 aliphatic heterocycles. The fraction of sp³-hybridized carbons (Fsp3) is 0.548. The highest BCUT2D eigenvalue weighted by Gasteiger charge is 2.42. The van der Waals surface area contributed by atoms with Gasteiger partial charge in [0.05, 0.1) is 5.39 Å². The second-order valence-electron chi connectivity index (χ2n) is 12.2. The first-order valence-corrected chi connectivity index (χ1v) is 14.4. The number of nitrogens with zero attached hydrogens (tertiary/aromatic N) is 4. The molecule has 8 bridgehead atoms. The number of carbonyl (C=O) groups excluding carboxylic acids is 1. The minimum atomic E-state index is -3.00. The summed E-state index contributed by atoms with van der Waals surface area (Å²) in [6, 6.07) is 7.41. The van der Waals surface area contributed by atoms with Crippen molar-refractivity contribution in [3.8, 4) is 0 Å². The zero-order valence-electron chi connectivity index (χ0n) is 26.5. The Hall–Kier alpha value is -3.40. The predicted octanol–water partition coefficient (Wildman–Crippen LogP) is 4.65. The average molecular weight is 568 g/mol. The molecule has 0 unspecified atom stereocenters. The molecule has 1 saturated heterocycles. The van der Waals surface area contributed by atoms with Gasteiger partial charge in [0.1, 0.15) is 23.8 Å². The van der Waals surface area contributed by atoms with Crippen LogP contribution in [-0.4, -0.2) is 51.5 Å². The van der Waals surface area contributed by atoms with E-state index in [1.54, 1.807) is 25.1 Å². The number of halogens is 2. The minimum absolute atomic E-state index is 0.0340. The first-order valence-electron chi connectivity index (χ1n) is 15.9. The van der Waals surface area contributed by atoms with Crippen molar-refractivity contribution >= 4 is 22.8 Å². The molecule has 1 aromatic carbocycles. The summed E-state index contributed by atoms with van der Waals surface area (Å²) in [6.07, 6.45) is 2.44. The van der Waals surface area contributed by atoms with E-state index in [2.05, 4.69) is 25.5 Å². The van der Waals surface area contributed by atoms with Crippen LogP contribution < -0.4 is 16.2 Å². The van der Waals surface area contributed by atoms with Crippen molar-refractivity contribution in [2.45, 2.75) is 76.7 Å². The molecular weight excluding hydrogens is 526 g/mol. The lowest BCUT2D eigenvalue weighted by molar-refractivity contribution is -0.121. The standard InChI is InChI=1S/C31H38F2N6O2/c1-19-22-6-4-7-23(14-22)31(32,33)9-8-21-16-38(17-21)13-5-12-34-26(40)18-39-28-24(27(35-19)36-20(2)37-28)15-25(29(39)41)30(3)10-11-30/h4,6-7,14-15,19,21H,5,8-13,16-18H2,1-3H3,(H,34,40)(H,35,36,37)/t19-/m1/s1/i2D3. The summed E-state index contributed by atoms with van der Waals surface area (Å²) in [4.78, 5) is 37.8. The van der Waals surface area contributed by atoms with E-state index in [1.165, 1.54) is 16.7 Å². The van der Waals surface area contributed by atoms with Gasteiger partial charge in [0.25, 0.3) is 11.5 Å². The molecule has 41 heavy (non-hydrogen) atoms. The van der Waals surface area contributed by atoms with Gasteiger partial charge < -0.3 is 15.5 Å². The van der Waals surface area contributed by atoms with Crippen LogP contribution >= 0.6 is 0 Å². The molecule has 8 nitrogen and oxygen atoms in total. The number of aromatic nitrogens is 3. The Morgan fingerprint density at radius 1 is 1.12 bits per heavy atom. The van der Waals surface area contributed by atoms with Gasteiger partial charge in [0.15, 0.2) is 0 Å². The molecule has 0 radical (unpaired) electrons. The van der Waals surface area contributed by atoms with E-state index < -0.39 is 24.6 Å². The van der Waals surface area contributed by atoms with Crippen molar-refractivity contribution in [3.05, 3.63) is 63.2 Å². The molecule has 2 aromatic heterocycles. The van der Waals surface area contributed by atoms with Crippen LogP contribution in [0.1, 0.15) is 78.6 Å². The summed E-state index contributed by atoms with van der Waals surface area (Å²) in [6.45, 7) is 3.36. The molecule has 1 saturated carbocycles. The van der Waals surface area contributed by atoms with Crippen molar-refractivity contribution in [1.82, 2.24) is 24.8 Å². The third-order valence-corrected chi connectivity index (χ3v) is 8.93. The highest BCUT2D eigenvalue weighted by molar-refractivity contribution is 5.89. The van der Waals surface area contributed by atoms with Gasteiger partial charge in [-0.1, -0.05) is 25.1 Å². The molecular formula is C31H38F2N6O2. The fourth-order valence-corrected chi connectivity index (χ4v) is 6.02. The summed E-state index contributed by atoms with van der Waals surface area (Å²) in [5, 5.41) is 6.50. The van der Waals surface area contributed by atoms with Gasteiger partial charge in [0.2, 0.25) is 5.91 Å². The molecule has 218 valence electrons. The number of carbonyl (C=O) groups is 1. The van der Waals surface area contributed by atoms with Crippen molar-refractivity contribution in [1.29, 1.82) is 0 Å². The molecule has 7 rings (SSSR count). The summed E-state index contributed by atoms with van der Waals surface area (Å²) >= 11 is 0. The fourth-order valence-electron chi connectivity index (χ4n) is 6.02. The highest BCUT2D eigenvalue weighted by Crippen LogP contribution is 2.47. The summed E-state index contributed by atoms with van der Waals surface area (Å²) in [5.74, 6) is -3.49. The largest absolute Gasteiger partial charge is 0.363 e. The number of hydrogen-bond donors (Lipinski definition) is 2. The number of fused-ring (bicyclic) bond motifs is 8. The van der Waals surface area contributed by atoms with Crippen LogP contribution in [0.25, 0.3) is 11.0 Å². The van der Waals surface area contributed by atoms with E-state index >= 15 is 8.78 Å². The molecule has 2 fully saturated rings. The normalized spacial score (nSPS) is 27.3. The van der Waals surface area contributed by atoms with Crippen molar-refractivity contribution in [2.75, 3.05) is 31.5 Å². The van der Waals surface area contributed by atoms with E-state index in [4.69, 9.17) is 4.11 Å². The van der Waals surface area contributed by atoms with Gasteiger partial charge >= 0.3 is 0 Å². The van der Waals surface area contributed by atoms with Gasteiger partial charge in [-0.05, 0) is 75.0 Å². The number of hydrogen-bond acceptors (Lipinski definition) is 6. The van der Waals surface area contributed by atoms with Gasteiger partial charge in [-0.25, -0.2) is 18.7 Å².